The SMILES string of the molecule is CCC(C)NCc1cccc2c1[nH]c1cc(=NC(=S)N(CC(=O)O)C(C)C)cccc12. The van der Waals surface area contributed by atoms with Crippen molar-refractivity contribution in [2.75, 3.05) is 6.54 Å². The van der Waals surface area contributed by atoms with E-state index in [-0.39, 0.29) is 17.7 Å². The normalized spacial score (nSPS) is 13.1. The van der Waals surface area contributed by atoms with Crippen LogP contribution in [0.25, 0.3) is 21.8 Å². The van der Waals surface area contributed by atoms with Gasteiger partial charge in [0.2, 0.25) is 0 Å². The van der Waals surface area contributed by atoms with Gasteiger partial charge in [0.05, 0.1) is 10.9 Å². The summed E-state index contributed by atoms with van der Waals surface area (Å²) in [6, 6.07) is 14.6. The van der Waals surface area contributed by atoms with E-state index in [9.17, 15) is 9.90 Å². The number of benzene rings is 1. The molecule has 1 aromatic heterocycles. The molecule has 1 atom stereocenters. The molecule has 6 nitrogen and oxygen atoms in total. The summed E-state index contributed by atoms with van der Waals surface area (Å²) in [5.41, 5.74) is 3.30. The number of carboxylic acids is 1. The van der Waals surface area contributed by atoms with E-state index in [0.29, 0.717) is 11.4 Å². The van der Waals surface area contributed by atoms with Crippen LogP contribution in [0.3, 0.4) is 0 Å². The van der Waals surface area contributed by atoms with Gasteiger partial charge in [0.25, 0.3) is 0 Å². The maximum Gasteiger partial charge on any atom is 0.323 e. The number of H-pyrrole nitrogens is 1. The van der Waals surface area contributed by atoms with Crippen LogP contribution in [-0.4, -0.2) is 44.7 Å². The zero-order valence-corrected chi connectivity index (χ0v) is 19.3. The lowest BCUT2D eigenvalue weighted by molar-refractivity contribution is -0.137. The fourth-order valence-electron chi connectivity index (χ4n) is 3.49. The second-order valence-electron chi connectivity index (χ2n) is 8.09. The summed E-state index contributed by atoms with van der Waals surface area (Å²) in [4.78, 5) is 20.9. The second kappa shape index (κ2) is 10.0. The Hall–Kier alpha value is -2.77. The van der Waals surface area contributed by atoms with Gasteiger partial charge in [0, 0.05) is 34.9 Å². The molecular weight excluding hydrogens is 408 g/mol. The van der Waals surface area contributed by atoms with E-state index >= 15 is 0 Å². The minimum atomic E-state index is -0.929. The molecule has 0 fully saturated rings. The number of carboxylic acid groups (broad SMARTS) is 1. The minimum Gasteiger partial charge on any atom is -0.480 e. The van der Waals surface area contributed by atoms with Crippen molar-refractivity contribution >= 4 is 45.1 Å². The van der Waals surface area contributed by atoms with Gasteiger partial charge in [-0.2, -0.15) is 0 Å². The molecule has 7 heteroatoms. The molecular formula is C24H30N4O2S. The number of nitrogens with one attached hydrogen (secondary N) is 2. The molecule has 0 saturated heterocycles. The third-order valence-electron chi connectivity index (χ3n) is 5.47. The first-order valence-corrected chi connectivity index (χ1v) is 11.0. The first kappa shape index (κ1) is 22.9. The number of aromatic amines is 1. The number of hydrogen-bond acceptors (Lipinski definition) is 3. The fourth-order valence-corrected chi connectivity index (χ4v) is 3.87. The van der Waals surface area contributed by atoms with Crippen molar-refractivity contribution in [1.82, 2.24) is 15.2 Å². The molecule has 3 rings (SSSR count). The summed E-state index contributed by atoms with van der Waals surface area (Å²) in [7, 11) is 0. The summed E-state index contributed by atoms with van der Waals surface area (Å²) in [6.45, 7) is 8.79. The molecule has 0 spiro atoms. The summed E-state index contributed by atoms with van der Waals surface area (Å²) in [6.07, 6.45) is 1.08. The third-order valence-corrected chi connectivity index (χ3v) is 5.79. The van der Waals surface area contributed by atoms with E-state index in [1.807, 2.05) is 32.0 Å². The Morgan fingerprint density at radius 1 is 1.19 bits per heavy atom. The van der Waals surface area contributed by atoms with Crippen molar-refractivity contribution < 1.29 is 9.90 Å². The maximum atomic E-state index is 11.2. The van der Waals surface area contributed by atoms with Crippen molar-refractivity contribution in [2.24, 2.45) is 4.99 Å². The highest BCUT2D eigenvalue weighted by Gasteiger charge is 2.16. The molecule has 31 heavy (non-hydrogen) atoms. The van der Waals surface area contributed by atoms with E-state index in [2.05, 4.69) is 53.4 Å². The standard InChI is InChI=1S/C24H30N4O2S/c1-5-16(4)25-13-17-8-6-11-20-19-10-7-9-18(12-21(19)27-23(17)20)26-24(31)28(15(2)3)14-22(29)30/h6-12,15-16,25,27H,5,13-14H2,1-4H3,(H,29,30). The zero-order chi connectivity index (χ0) is 22.5. The van der Waals surface area contributed by atoms with Crippen LogP contribution in [0.2, 0.25) is 0 Å². The molecule has 0 radical (unpaired) electrons. The van der Waals surface area contributed by atoms with Gasteiger partial charge in [-0.1, -0.05) is 37.3 Å². The molecule has 1 unspecified atom stereocenters. The summed E-state index contributed by atoms with van der Waals surface area (Å²) < 4.78 is 0. The fraction of sp³-hybridized carbons (Fsp3) is 0.375. The predicted octanol–water partition coefficient (Wildman–Crippen LogP) is 4.19. The molecule has 164 valence electrons. The van der Waals surface area contributed by atoms with Gasteiger partial charge in [-0.05, 0) is 57.1 Å². The Morgan fingerprint density at radius 2 is 1.90 bits per heavy atom. The number of rotatable bonds is 7. The lowest BCUT2D eigenvalue weighted by atomic mass is 10.1. The van der Waals surface area contributed by atoms with E-state index in [1.165, 1.54) is 5.56 Å². The van der Waals surface area contributed by atoms with Crippen LogP contribution in [0, 0.1) is 0 Å². The van der Waals surface area contributed by atoms with Gasteiger partial charge < -0.3 is 20.3 Å². The van der Waals surface area contributed by atoms with Crippen molar-refractivity contribution in [1.29, 1.82) is 0 Å². The first-order valence-electron chi connectivity index (χ1n) is 10.6. The molecule has 1 heterocycles. The Labute approximate surface area is 188 Å². The number of aromatic nitrogens is 1. The number of carbonyl (C=O) groups is 1. The van der Waals surface area contributed by atoms with Gasteiger partial charge in [-0.25, -0.2) is 4.99 Å². The van der Waals surface area contributed by atoms with Crippen molar-refractivity contribution in [3.63, 3.8) is 0 Å². The Balaban J connectivity index is 2.04. The van der Waals surface area contributed by atoms with Gasteiger partial charge in [-0.15, -0.1) is 0 Å². The smallest absolute Gasteiger partial charge is 0.323 e. The van der Waals surface area contributed by atoms with Crippen LogP contribution in [0.1, 0.15) is 39.7 Å². The highest BCUT2D eigenvalue weighted by Crippen LogP contribution is 2.26. The average molecular weight is 439 g/mol. The first-order chi connectivity index (χ1) is 14.8. The zero-order valence-electron chi connectivity index (χ0n) is 18.5. The quantitative estimate of drug-likeness (QED) is 0.482. The molecule has 0 saturated carbocycles. The highest BCUT2D eigenvalue weighted by molar-refractivity contribution is 7.80. The van der Waals surface area contributed by atoms with E-state index < -0.39 is 5.97 Å². The van der Waals surface area contributed by atoms with Crippen LogP contribution < -0.4 is 10.7 Å². The molecule has 0 bridgehead atoms. The van der Waals surface area contributed by atoms with E-state index in [4.69, 9.17) is 12.2 Å². The Kier molecular flexibility index (Phi) is 7.41. The van der Waals surface area contributed by atoms with Crippen LogP contribution >= 0.6 is 12.2 Å². The number of nitrogens with zero attached hydrogens (tertiary/aromatic N) is 2. The van der Waals surface area contributed by atoms with Crippen molar-refractivity contribution in [3.8, 4) is 0 Å². The van der Waals surface area contributed by atoms with Crippen LogP contribution in [-0.2, 0) is 11.3 Å². The highest BCUT2D eigenvalue weighted by atomic mass is 32.1. The van der Waals surface area contributed by atoms with Gasteiger partial charge in [0.15, 0.2) is 5.11 Å². The number of para-hydroxylation sites is 1. The number of aliphatic carboxylic acids is 1. The lowest BCUT2D eigenvalue weighted by Gasteiger charge is -2.24. The molecule has 0 aliphatic rings. The molecule has 2 aromatic carbocycles. The van der Waals surface area contributed by atoms with E-state index in [0.717, 1.165) is 34.8 Å². The minimum absolute atomic E-state index is 0.0570. The van der Waals surface area contributed by atoms with Gasteiger partial charge in [-0.3, -0.25) is 4.79 Å². The topological polar surface area (TPSA) is 80.7 Å². The number of thiocarbonyl (C=S) groups is 1. The van der Waals surface area contributed by atoms with Crippen LogP contribution in [0.5, 0.6) is 0 Å². The van der Waals surface area contributed by atoms with E-state index in [1.54, 1.807) is 4.90 Å². The summed E-state index contributed by atoms with van der Waals surface area (Å²) in [5, 5.41) is 16.0. The monoisotopic (exact) mass is 438 g/mol. The number of fused-ring (bicyclic) bond motifs is 3. The molecule has 0 aliphatic heterocycles. The van der Waals surface area contributed by atoms with Crippen molar-refractivity contribution in [3.05, 3.63) is 53.4 Å². The third kappa shape index (κ3) is 5.48. The summed E-state index contributed by atoms with van der Waals surface area (Å²) in [5.74, 6) is -0.929. The lowest BCUT2D eigenvalue weighted by Crippen LogP contribution is -2.39. The van der Waals surface area contributed by atoms with Gasteiger partial charge in [0.1, 0.15) is 6.54 Å². The average Bonchev–Trinajstić information content (AvgIpc) is 2.95. The molecule has 3 N–H and O–H groups in total. The Morgan fingerprint density at radius 3 is 2.58 bits per heavy atom. The maximum absolute atomic E-state index is 11.2. The number of hydrogen-bond donors (Lipinski definition) is 3. The molecule has 3 aromatic rings. The van der Waals surface area contributed by atoms with Gasteiger partial charge >= 0.3 is 5.97 Å². The predicted molar refractivity (Wildman–Crippen MR) is 130 cm³/mol. The summed E-state index contributed by atoms with van der Waals surface area (Å²) >= 11 is 5.44. The van der Waals surface area contributed by atoms with Crippen LogP contribution in [0.15, 0.2) is 47.5 Å². The second-order valence-corrected chi connectivity index (χ2v) is 8.45. The van der Waals surface area contributed by atoms with Crippen molar-refractivity contribution in [2.45, 2.75) is 52.7 Å². The van der Waals surface area contributed by atoms with Crippen LogP contribution in [0.4, 0.5) is 0 Å². The molecule has 0 aliphatic carbocycles. The Bertz CT molecular complexity index is 1170. The largest absolute Gasteiger partial charge is 0.480 e. The molecule has 0 amide bonds.